The number of ether oxygens (including phenoxy) is 1. The highest BCUT2D eigenvalue weighted by Gasteiger charge is 2.29. The number of pyridine rings is 1. The SMILES string of the molecule is O=C(NCc1ccccn1)[C@@H]1CCC(=O)N(CCCN2CCOCC2)C1. The van der Waals surface area contributed by atoms with Crippen molar-refractivity contribution in [3.63, 3.8) is 0 Å². The lowest BCUT2D eigenvalue weighted by molar-refractivity contribution is -0.138. The Kier molecular flexibility index (Phi) is 6.96. The summed E-state index contributed by atoms with van der Waals surface area (Å²) in [4.78, 5) is 33.1. The predicted octanol–water partition coefficient (Wildman–Crippen LogP) is 0.659. The van der Waals surface area contributed by atoms with E-state index < -0.39 is 0 Å². The van der Waals surface area contributed by atoms with E-state index in [0.29, 0.717) is 25.9 Å². The molecule has 0 bridgehead atoms. The van der Waals surface area contributed by atoms with E-state index in [9.17, 15) is 9.59 Å². The van der Waals surface area contributed by atoms with Gasteiger partial charge in [0.2, 0.25) is 11.8 Å². The van der Waals surface area contributed by atoms with Gasteiger partial charge in [0, 0.05) is 45.3 Å². The summed E-state index contributed by atoms with van der Waals surface area (Å²) in [7, 11) is 0. The summed E-state index contributed by atoms with van der Waals surface area (Å²) in [6.45, 7) is 6.17. The lowest BCUT2D eigenvalue weighted by Gasteiger charge is -2.33. The smallest absolute Gasteiger partial charge is 0.225 e. The van der Waals surface area contributed by atoms with Crippen molar-refractivity contribution in [2.75, 3.05) is 45.9 Å². The molecule has 2 aliphatic rings. The van der Waals surface area contributed by atoms with Crippen LogP contribution in [0.3, 0.4) is 0 Å². The second kappa shape index (κ2) is 9.64. The summed E-state index contributed by atoms with van der Waals surface area (Å²) < 4.78 is 5.35. The number of aromatic nitrogens is 1. The van der Waals surface area contributed by atoms with Crippen LogP contribution < -0.4 is 5.32 Å². The van der Waals surface area contributed by atoms with E-state index in [1.807, 2.05) is 23.1 Å². The third-order valence-electron chi connectivity index (χ3n) is 5.05. The molecule has 3 heterocycles. The Hall–Kier alpha value is -1.99. The van der Waals surface area contributed by atoms with Gasteiger partial charge < -0.3 is 15.0 Å². The zero-order valence-corrected chi connectivity index (χ0v) is 15.2. The van der Waals surface area contributed by atoms with E-state index in [-0.39, 0.29) is 17.7 Å². The van der Waals surface area contributed by atoms with Crippen LogP contribution >= 0.6 is 0 Å². The largest absolute Gasteiger partial charge is 0.379 e. The molecular weight excluding hydrogens is 332 g/mol. The van der Waals surface area contributed by atoms with E-state index in [1.165, 1.54) is 0 Å². The number of amides is 2. The lowest BCUT2D eigenvalue weighted by Crippen LogP contribution is -2.46. The van der Waals surface area contributed by atoms with Gasteiger partial charge in [-0.15, -0.1) is 0 Å². The van der Waals surface area contributed by atoms with Gasteiger partial charge in [0.1, 0.15) is 0 Å². The number of hydrogen-bond donors (Lipinski definition) is 1. The molecule has 3 rings (SSSR count). The topological polar surface area (TPSA) is 74.8 Å². The van der Waals surface area contributed by atoms with Crippen molar-refractivity contribution in [1.82, 2.24) is 20.1 Å². The zero-order valence-electron chi connectivity index (χ0n) is 15.2. The van der Waals surface area contributed by atoms with Crippen LogP contribution in [0, 0.1) is 5.92 Å². The lowest BCUT2D eigenvalue weighted by atomic mass is 9.96. The van der Waals surface area contributed by atoms with Gasteiger partial charge in [0.15, 0.2) is 0 Å². The number of nitrogens with zero attached hydrogens (tertiary/aromatic N) is 3. The first-order chi connectivity index (χ1) is 12.7. The Morgan fingerprint density at radius 2 is 2.12 bits per heavy atom. The maximum absolute atomic E-state index is 12.4. The van der Waals surface area contributed by atoms with Crippen molar-refractivity contribution in [2.45, 2.75) is 25.8 Å². The number of carbonyl (C=O) groups is 2. The molecule has 2 fully saturated rings. The number of likely N-dealkylation sites (tertiary alicyclic amines) is 1. The van der Waals surface area contributed by atoms with Gasteiger partial charge >= 0.3 is 0 Å². The molecule has 1 aromatic rings. The van der Waals surface area contributed by atoms with Crippen LogP contribution in [0.1, 0.15) is 25.0 Å². The van der Waals surface area contributed by atoms with Gasteiger partial charge in [0.25, 0.3) is 0 Å². The van der Waals surface area contributed by atoms with Crippen molar-refractivity contribution in [3.8, 4) is 0 Å². The molecule has 1 atom stereocenters. The number of hydrogen-bond acceptors (Lipinski definition) is 5. The van der Waals surface area contributed by atoms with Crippen LogP contribution in [-0.4, -0.2) is 72.5 Å². The van der Waals surface area contributed by atoms with Crippen LogP contribution in [0.5, 0.6) is 0 Å². The summed E-state index contributed by atoms with van der Waals surface area (Å²) in [5.74, 6) is 0.0573. The zero-order chi connectivity index (χ0) is 18.2. The van der Waals surface area contributed by atoms with Gasteiger partial charge in [-0.05, 0) is 25.0 Å². The third kappa shape index (κ3) is 5.51. The van der Waals surface area contributed by atoms with E-state index in [0.717, 1.165) is 51.5 Å². The average Bonchev–Trinajstić information content (AvgIpc) is 2.69. The molecule has 142 valence electrons. The number of nitrogens with one attached hydrogen (secondary N) is 1. The minimum absolute atomic E-state index is 0.0151. The molecule has 1 N–H and O–H groups in total. The van der Waals surface area contributed by atoms with E-state index in [4.69, 9.17) is 4.74 Å². The average molecular weight is 360 g/mol. The minimum atomic E-state index is -0.125. The molecule has 0 saturated carbocycles. The van der Waals surface area contributed by atoms with E-state index in [2.05, 4.69) is 15.2 Å². The molecule has 0 aliphatic carbocycles. The van der Waals surface area contributed by atoms with Crippen LogP contribution in [0.4, 0.5) is 0 Å². The Bertz CT molecular complexity index is 590. The standard InChI is InChI=1S/C19H28N4O3/c24-18-6-5-16(19(25)21-14-17-4-1-2-7-20-17)15-23(18)9-3-8-22-10-12-26-13-11-22/h1-2,4,7,16H,3,5-6,8-15H2,(H,21,25)/t16-/m1/s1. The maximum Gasteiger partial charge on any atom is 0.225 e. The fraction of sp³-hybridized carbons (Fsp3) is 0.632. The van der Waals surface area contributed by atoms with Crippen molar-refractivity contribution < 1.29 is 14.3 Å². The van der Waals surface area contributed by atoms with Crippen LogP contribution in [0.15, 0.2) is 24.4 Å². The molecule has 0 radical (unpaired) electrons. The Balaban J connectivity index is 1.41. The van der Waals surface area contributed by atoms with Gasteiger partial charge in [-0.25, -0.2) is 0 Å². The highest BCUT2D eigenvalue weighted by molar-refractivity contribution is 5.83. The highest BCUT2D eigenvalue weighted by atomic mass is 16.5. The van der Waals surface area contributed by atoms with Gasteiger partial charge in [-0.1, -0.05) is 6.07 Å². The molecule has 0 unspecified atom stereocenters. The Morgan fingerprint density at radius 3 is 2.88 bits per heavy atom. The molecule has 2 amide bonds. The molecule has 7 nitrogen and oxygen atoms in total. The van der Waals surface area contributed by atoms with E-state index >= 15 is 0 Å². The predicted molar refractivity (Wildman–Crippen MR) is 97.3 cm³/mol. The summed E-state index contributed by atoms with van der Waals surface area (Å²) in [6, 6.07) is 5.65. The first-order valence-electron chi connectivity index (χ1n) is 9.48. The second-order valence-electron chi connectivity index (χ2n) is 6.92. The quantitative estimate of drug-likeness (QED) is 0.773. The van der Waals surface area contributed by atoms with Gasteiger partial charge in [-0.2, -0.15) is 0 Å². The van der Waals surface area contributed by atoms with Crippen LogP contribution in [0.2, 0.25) is 0 Å². The van der Waals surface area contributed by atoms with E-state index in [1.54, 1.807) is 6.20 Å². The molecule has 2 saturated heterocycles. The monoisotopic (exact) mass is 360 g/mol. The highest BCUT2D eigenvalue weighted by Crippen LogP contribution is 2.18. The maximum atomic E-state index is 12.4. The first-order valence-corrected chi connectivity index (χ1v) is 9.48. The second-order valence-corrected chi connectivity index (χ2v) is 6.92. The van der Waals surface area contributed by atoms with Crippen molar-refractivity contribution in [1.29, 1.82) is 0 Å². The Labute approximate surface area is 154 Å². The third-order valence-corrected chi connectivity index (χ3v) is 5.05. The van der Waals surface area contributed by atoms with Crippen molar-refractivity contribution in [3.05, 3.63) is 30.1 Å². The number of carbonyl (C=O) groups excluding carboxylic acids is 2. The molecular formula is C19H28N4O3. The fourth-order valence-corrected chi connectivity index (χ4v) is 3.48. The summed E-state index contributed by atoms with van der Waals surface area (Å²) >= 11 is 0. The molecule has 2 aliphatic heterocycles. The molecule has 7 heteroatoms. The number of morpholine rings is 1. The summed E-state index contributed by atoms with van der Waals surface area (Å²) in [5, 5.41) is 2.95. The minimum Gasteiger partial charge on any atom is -0.379 e. The first kappa shape index (κ1) is 18.8. The fourth-order valence-electron chi connectivity index (χ4n) is 3.48. The van der Waals surface area contributed by atoms with Gasteiger partial charge in [0.05, 0.1) is 31.4 Å². The van der Waals surface area contributed by atoms with Crippen LogP contribution in [0.25, 0.3) is 0 Å². The molecule has 26 heavy (non-hydrogen) atoms. The van der Waals surface area contributed by atoms with Crippen molar-refractivity contribution >= 4 is 11.8 Å². The normalized spacial score (nSPS) is 21.6. The molecule has 0 spiro atoms. The number of rotatable bonds is 7. The van der Waals surface area contributed by atoms with Crippen LogP contribution in [-0.2, 0) is 20.9 Å². The van der Waals surface area contributed by atoms with Gasteiger partial charge in [-0.3, -0.25) is 19.5 Å². The van der Waals surface area contributed by atoms with Crippen molar-refractivity contribution in [2.24, 2.45) is 5.92 Å². The number of piperidine rings is 1. The molecule has 1 aromatic heterocycles. The summed E-state index contributed by atoms with van der Waals surface area (Å²) in [5.41, 5.74) is 0.843. The summed E-state index contributed by atoms with van der Waals surface area (Å²) in [6.07, 6.45) is 3.75. The Morgan fingerprint density at radius 1 is 1.27 bits per heavy atom. The molecule has 0 aromatic carbocycles.